The summed E-state index contributed by atoms with van der Waals surface area (Å²) in [6, 6.07) is 22.5. The van der Waals surface area contributed by atoms with Gasteiger partial charge in [-0.05, 0) is 67.6 Å². The van der Waals surface area contributed by atoms with E-state index in [4.69, 9.17) is 16.3 Å². The van der Waals surface area contributed by atoms with Crippen LogP contribution in [0.2, 0.25) is 5.02 Å². The number of nitrogens with zero attached hydrogens (tertiary/aromatic N) is 1. The van der Waals surface area contributed by atoms with E-state index in [2.05, 4.69) is 0 Å². The molecule has 3 aromatic rings. The largest absolute Gasteiger partial charge is 0.457 e. The summed E-state index contributed by atoms with van der Waals surface area (Å²) in [4.78, 5) is 0.202. The van der Waals surface area contributed by atoms with E-state index >= 15 is 0 Å². The Bertz CT molecular complexity index is 956. The number of benzene rings is 3. The van der Waals surface area contributed by atoms with E-state index in [0.717, 1.165) is 5.75 Å². The van der Waals surface area contributed by atoms with E-state index in [9.17, 15) is 8.42 Å². The first-order valence-electron chi connectivity index (χ1n) is 8.12. The molecule has 0 atom stereocenters. The van der Waals surface area contributed by atoms with E-state index in [1.54, 1.807) is 43.3 Å². The zero-order valence-corrected chi connectivity index (χ0v) is 15.7. The molecule has 0 saturated heterocycles. The van der Waals surface area contributed by atoms with Gasteiger partial charge in [0.2, 0.25) is 0 Å². The molecular formula is C20H18ClNO3S. The molecule has 26 heavy (non-hydrogen) atoms. The zero-order chi connectivity index (χ0) is 18.6. The van der Waals surface area contributed by atoms with Crippen molar-refractivity contribution in [1.82, 2.24) is 0 Å². The van der Waals surface area contributed by atoms with Crippen LogP contribution in [-0.2, 0) is 10.0 Å². The van der Waals surface area contributed by atoms with Gasteiger partial charge < -0.3 is 4.74 Å². The summed E-state index contributed by atoms with van der Waals surface area (Å²) >= 11 is 5.85. The van der Waals surface area contributed by atoms with Gasteiger partial charge in [-0.15, -0.1) is 0 Å². The Balaban J connectivity index is 1.85. The van der Waals surface area contributed by atoms with Crippen LogP contribution in [0.1, 0.15) is 6.92 Å². The molecule has 0 aromatic heterocycles. The second-order valence-corrected chi connectivity index (χ2v) is 7.83. The fourth-order valence-corrected chi connectivity index (χ4v) is 4.13. The van der Waals surface area contributed by atoms with Crippen LogP contribution in [0.15, 0.2) is 83.8 Å². The predicted molar refractivity (Wildman–Crippen MR) is 105 cm³/mol. The molecule has 134 valence electrons. The Morgan fingerprint density at radius 2 is 1.42 bits per heavy atom. The lowest BCUT2D eigenvalue weighted by molar-refractivity contribution is 0.482. The number of ether oxygens (including phenoxy) is 1. The molecule has 0 heterocycles. The van der Waals surface area contributed by atoms with Crippen molar-refractivity contribution in [3.05, 3.63) is 83.9 Å². The Hall–Kier alpha value is -2.50. The first-order chi connectivity index (χ1) is 12.5. The highest BCUT2D eigenvalue weighted by Gasteiger charge is 2.23. The van der Waals surface area contributed by atoms with Crippen molar-refractivity contribution in [3.63, 3.8) is 0 Å². The summed E-state index contributed by atoms with van der Waals surface area (Å²) in [5, 5.41) is 0.495. The quantitative estimate of drug-likeness (QED) is 0.573. The molecular weight excluding hydrogens is 370 g/mol. The Labute approximate surface area is 158 Å². The smallest absolute Gasteiger partial charge is 0.264 e. The average molecular weight is 388 g/mol. The number of sulfonamides is 1. The summed E-state index contributed by atoms with van der Waals surface area (Å²) in [7, 11) is -3.66. The zero-order valence-electron chi connectivity index (χ0n) is 14.2. The number of hydrogen-bond acceptors (Lipinski definition) is 3. The van der Waals surface area contributed by atoms with Crippen LogP contribution in [0.25, 0.3) is 0 Å². The van der Waals surface area contributed by atoms with Crippen molar-refractivity contribution < 1.29 is 13.2 Å². The standard InChI is InChI=1S/C20H18ClNO3S/c1-2-22(26(23,24)20-14-8-16(21)9-15-20)17-10-12-19(13-11-17)25-18-6-4-3-5-7-18/h3-15H,2H2,1H3. The summed E-state index contributed by atoms with van der Waals surface area (Å²) in [6.07, 6.45) is 0. The number of para-hydroxylation sites is 1. The lowest BCUT2D eigenvalue weighted by atomic mass is 10.3. The third-order valence-electron chi connectivity index (χ3n) is 3.79. The van der Waals surface area contributed by atoms with Crippen LogP contribution in [0.5, 0.6) is 11.5 Å². The molecule has 0 unspecified atom stereocenters. The van der Waals surface area contributed by atoms with Crippen LogP contribution < -0.4 is 9.04 Å². The SMILES string of the molecule is CCN(c1ccc(Oc2ccccc2)cc1)S(=O)(=O)c1ccc(Cl)cc1. The highest BCUT2D eigenvalue weighted by atomic mass is 35.5. The molecule has 6 heteroatoms. The number of rotatable bonds is 6. The Morgan fingerprint density at radius 3 is 2.00 bits per heavy atom. The summed E-state index contributed by atoms with van der Waals surface area (Å²) in [5.41, 5.74) is 0.572. The molecule has 3 aromatic carbocycles. The lowest BCUT2D eigenvalue weighted by Gasteiger charge is -2.23. The lowest BCUT2D eigenvalue weighted by Crippen LogP contribution is -2.30. The maximum absolute atomic E-state index is 12.9. The van der Waals surface area contributed by atoms with Gasteiger partial charge in [0.05, 0.1) is 10.6 Å². The van der Waals surface area contributed by atoms with Gasteiger partial charge in [0.1, 0.15) is 11.5 Å². The van der Waals surface area contributed by atoms with Gasteiger partial charge in [-0.2, -0.15) is 0 Å². The van der Waals surface area contributed by atoms with Crippen molar-refractivity contribution in [1.29, 1.82) is 0 Å². The fourth-order valence-electron chi connectivity index (χ4n) is 2.53. The molecule has 0 aliphatic rings. The van der Waals surface area contributed by atoms with Crippen LogP contribution in [0.4, 0.5) is 5.69 Å². The van der Waals surface area contributed by atoms with Gasteiger partial charge in [0.25, 0.3) is 10.0 Å². The molecule has 3 rings (SSSR count). The van der Waals surface area contributed by atoms with Crippen molar-refractivity contribution in [2.75, 3.05) is 10.8 Å². The average Bonchev–Trinajstić information content (AvgIpc) is 2.65. The van der Waals surface area contributed by atoms with Crippen molar-refractivity contribution in [2.45, 2.75) is 11.8 Å². The minimum atomic E-state index is -3.66. The Kier molecular flexibility index (Phi) is 5.49. The van der Waals surface area contributed by atoms with E-state index in [1.165, 1.54) is 16.4 Å². The molecule has 0 bridgehead atoms. The number of halogens is 1. The fraction of sp³-hybridized carbons (Fsp3) is 0.100. The maximum Gasteiger partial charge on any atom is 0.264 e. The van der Waals surface area contributed by atoms with Gasteiger partial charge in [-0.3, -0.25) is 4.31 Å². The van der Waals surface area contributed by atoms with Crippen LogP contribution >= 0.6 is 11.6 Å². The summed E-state index contributed by atoms with van der Waals surface area (Å²) < 4.78 is 32.9. The number of hydrogen-bond donors (Lipinski definition) is 0. The van der Waals surface area contributed by atoms with Crippen molar-refractivity contribution >= 4 is 27.3 Å². The monoisotopic (exact) mass is 387 g/mol. The predicted octanol–water partition coefficient (Wildman–Crippen LogP) is 5.35. The topological polar surface area (TPSA) is 46.6 Å². The van der Waals surface area contributed by atoms with Crippen molar-refractivity contribution in [2.24, 2.45) is 0 Å². The van der Waals surface area contributed by atoms with Gasteiger partial charge in [0, 0.05) is 11.6 Å². The Morgan fingerprint density at radius 1 is 0.846 bits per heavy atom. The van der Waals surface area contributed by atoms with E-state index < -0.39 is 10.0 Å². The molecule has 0 saturated carbocycles. The minimum absolute atomic E-state index is 0.202. The molecule has 0 fully saturated rings. The normalized spacial score (nSPS) is 11.2. The van der Waals surface area contributed by atoms with Crippen molar-refractivity contribution in [3.8, 4) is 11.5 Å². The third kappa shape index (κ3) is 4.00. The van der Waals surface area contributed by atoms with Gasteiger partial charge in [0.15, 0.2) is 0 Å². The van der Waals surface area contributed by atoms with Crippen LogP contribution in [0, 0.1) is 0 Å². The minimum Gasteiger partial charge on any atom is -0.457 e. The highest BCUT2D eigenvalue weighted by molar-refractivity contribution is 7.92. The molecule has 0 aliphatic heterocycles. The molecule has 4 nitrogen and oxygen atoms in total. The highest BCUT2D eigenvalue weighted by Crippen LogP contribution is 2.28. The van der Waals surface area contributed by atoms with E-state index in [-0.39, 0.29) is 4.90 Å². The third-order valence-corrected chi connectivity index (χ3v) is 5.96. The first-order valence-corrected chi connectivity index (χ1v) is 9.94. The molecule has 0 radical (unpaired) electrons. The van der Waals surface area contributed by atoms with Gasteiger partial charge in [-0.1, -0.05) is 29.8 Å². The molecule has 0 amide bonds. The first kappa shape index (κ1) is 18.3. The summed E-state index contributed by atoms with van der Waals surface area (Å²) in [6.45, 7) is 2.10. The second kappa shape index (κ2) is 7.81. The van der Waals surface area contributed by atoms with E-state index in [1.807, 2.05) is 30.3 Å². The molecule has 0 aliphatic carbocycles. The molecule has 0 spiro atoms. The maximum atomic E-state index is 12.9. The summed E-state index contributed by atoms with van der Waals surface area (Å²) in [5.74, 6) is 1.36. The number of anilines is 1. The van der Waals surface area contributed by atoms with Gasteiger partial charge >= 0.3 is 0 Å². The van der Waals surface area contributed by atoms with Crippen LogP contribution in [-0.4, -0.2) is 15.0 Å². The van der Waals surface area contributed by atoms with E-state index in [0.29, 0.717) is 23.0 Å². The second-order valence-electron chi connectivity index (χ2n) is 5.53. The van der Waals surface area contributed by atoms with Gasteiger partial charge in [-0.25, -0.2) is 8.42 Å². The molecule has 0 N–H and O–H groups in total. The van der Waals surface area contributed by atoms with Crippen LogP contribution in [0.3, 0.4) is 0 Å².